The van der Waals surface area contributed by atoms with Gasteiger partial charge in [0.1, 0.15) is 11.4 Å². The Labute approximate surface area is 103 Å². The van der Waals surface area contributed by atoms with Gasteiger partial charge in [-0.2, -0.15) is 10.1 Å². The molecule has 0 atom stereocenters. The molecule has 18 heavy (non-hydrogen) atoms. The van der Waals surface area contributed by atoms with Crippen LogP contribution in [0.25, 0.3) is 22.3 Å². The number of phenols is 1. The van der Waals surface area contributed by atoms with E-state index in [4.69, 9.17) is 5.73 Å². The molecule has 0 bridgehead atoms. The van der Waals surface area contributed by atoms with Crippen molar-refractivity contribution in [3.63, 3.8) is 0 Å². The van der Waals surface area contributed by atoms with Crippen molar-refractivity contribution < 1.29 is 5.11 Å². The number of aryl methyl sites for hydroxylation is 1. The predicted octanol–water partition coefficient (Wildman–Crippen LogP) is 1.32. The molecule has 6 heteroatoms. The van der Waals surface area contributed by atoms with Crippen molar-refractivity contribution in [2.45, 2.75) is 0 Å². The van der Waals surface area contributed by atoms with Crippen LogP contribution in [-0.4, -0.2) is 24.9 Å². The molecule has 0 saturated carbocycles. The molecule has 0 radical (unpaired) electrons. The summed E-state index contributed by atoms with van der Waals surface area (Å²) in [6, 6.07) is 6.84. The van der Waals surface area contributed by atoms with Gasteiger partial charge in [-0.05, 0) is 24.3 Å². The number of phenolic OH excluding ortho intramolecular Hbond substituents is 1. The monoisotopic (exact) mass is 241 g/mol. The maximum atomic E-state index is 9.29. The molecule has 0 amide bonds. The number of rotatable bonds is 1. The quantitative estimate of drug-likeness (QED) is 0.670. The van der Waals surface area contributed by atoms with Gasteiger partial charge in [-0.15, -0.1) is 0 Å². The summed E-state index contributed by atoms with van der Waals surface area (Å²) >= 11 is 0. The summed E-state index contributed by atoms with van der Waals surface area (Å²) < 4.78 is 1.66. The van der Waals surface area contributed by atoms with Crippen LogP contribution in [0.4, 0.5) is 5.95 Å². The van der Waals surface area contributed by atoms with E-state index in [0.29, 0.717) is 5.65 Å². The molecule has 90 valence electrons. The first-order valence-corrected chi connectivity index (χ1v) is 5.40. The van der Waals surface area contributed by atoms with Gasteiger partial charge in [0.2, 0.25) is 5.95 Å². The average Bonchev–Trinajstić information content (AvgIpc) is 2.68. The molecule has 0 fully saturated rings. The normalized spacial score (nSPS) is 10.9. The highest BCUT2D eigenvalue weighted by atomic mass is 16.3. The van der Waals surface area contributed by atoms with E-state index in [1.807, 2.05) is 0 Å². The van der Waals surface area contributed by atoms with Gasteiger partial charge in [-0.25, -0.2) is 9.67 Å². The molecule has 2 heterocycles. The molecular weight excluding hydrogens is 230 g/mol. The summed E-state index contributed by atoms with van der Waals surface area (Å²) in [5, 5.41) is 14.5. The van der Waals surface area contributed by atoms with Crippen LogP contribution in [0.15, 0.2) is 30.5 Å². The van der Waals surface area contributed by atoms with Crippen LogP contribution in [0.1, 0.15) is 0 Å². The third-order valence-electron chi connectivity index (χ3n) is 2.74. The second-order valence-electron chi connectivity index (χ2n) is 3.98. The first-order valence-electron chi connectivity index (χ1n) is 5.40. The van der Waals surface area contributed by atoms with Crippen molar-refractivity contribution in [1.29, 1.82) is 0 Å². The van der Waals surface area contributed by atoms with Crippen LogP contribution in [0.2, 0.25) is 0 Å². The largest absolute Gasteiger partial charge is 0.508 e. The molecule has 0 spiro atoms. The number of aromatic hydroxyl groups is 1. The maximum Gasteiger partial charge on any atom is 0.222 e. The van der Waals surface area contributed by atoms with E-state index in [-0.39, 0.29) is 11.7 Å². The van der Waals surface area contributed by atoms with E-state index in [2.05, 4.69) is 15.1 Å². The van der Waals surface area contributed by atoms with Gasteiger partial charge in [-0.1, -0.05) is 0 Å². The van der Waals surface area contributed by atoms with E-state index >= 15 is 0 Å². The van der Waals surface area contributed by atoms with Crippen LogP contribution >= 0.6 is 0 Å². The Morgan fingerprint density at radius 2 is 1.94 bits per heavy atom. The second-order valence-corrected chi connectivity index (χ2v) is 3.98. The number of hydrogen-bond donors (Lipinski definition) is 2. The number of anilines is 1. The summed E-state index contributed by atoms with van der Waals surface area (Å²) in [6.07, 6.45) is 1.66. The summed E-state index contributed by atoms with van der Waals surface area (Å²) in [5.74, 6) is 0.447. The fourth-order valence-corrected chi connectivity index (χ4v) is 1.88. The van der Waals surface area contributed by atoms with Crippen LogP contribution < -0.4 is 5.73 Å². The van der Waals surface area contributed by atoms with Gasteiger partial charge >= 0.3 is 0 Å². The highest BCUT2D eigenvalue weighted by molar-refractivity contribution is 5.91. The van der Waals surface area contributed by atoms with E-state index in [9.17, 15) is 5.11 Å². The van der Waals surface area contributed by atoms with Crippen molar-refractivity contribution >= 4 is 17.0 Å². The Hall–Kier alpha value is -2.63. The molecule has 1 aromatic carbocycles. The number of hydrogen-bond acceptors (Lipinski definition) is 5. The third-order valence-corrected chi connectivity index (χ3v) is 2.74. The van der Waals surface area contributed by atoms with Crippen molar-refractivity contribution in [1.82, 2.24) is 19.7 Å². The lowest BCUT2D eigenvalue weighted by atomic mass is 10.1. The number of nitrogens with zero attached hydrogens (tertiary/aromatic N) is 4. The number of nitrogen functional groups attached to an aromatic ring is 1. The molecule has 3 rings (SSSR count). The Morgan fingerprint density at radius 3 is 2.67 bits per heavy atom. The van der Waals surface area contributed by atoms with E-state index in [0.717, 1.165) is 16.6 Å². The van der Waals surface area contributed by atoms with Gasteiger partial charge in [0, 0.05) is 18.8 Å². The SMILES string of the molecule is Cn1nc(-c2ccc(O)cc2)c2cnc(N)nc21. The summed E-state index contributed by atoms with van der Waals surface area (Å²) in [5.41, 5.74) is 7.92. The second kappa shape index (κ2) is 3.69. The minimum atomic E-state index is 0.222. The Morgan fingerprint density at radius 1 is 1.22 bits per heavy atom. The summed E-state index contributed by atoms with van der Waals surface area (Å²) in [4.78, 5) is 8.14. The minimum absolute atomic E-state index is 0.222. The molecule has 0 saturated heterocycles. The highest BCUT2D eigenvalue weighted by Crippen LogP contribution is 2.27. The van der Waals surface area contributed by atoms with Gasteiger partial charge in [0.25, 0.3) is 0 Å². The predicted molar refractivity (Wildman–Crippen MR) is 67.8 cm³/mol. The van der Waals surface area contributed by atoms with Crippen LogP contribution in [0, 0.1) is 0 Å². The summed E-state index contributed by atoms with van der Waals surface area (Å²) in [6.45, 7) is 0. The molecule has 6 nitrogen and oxygen atoms in total. The van der Waals surface area contributed by atoms with Crippen molar-refractivity contribution in [2.24, 2.45) is 7.05 Å². The molecule has 0 aliphatic rings. The van der Waals surface area contributed by atoms with Crippen LogP contribution in [0.3, 0.4) is 0 Å². The van der Waals surface area contributed by atoms with Crippen molar-refractivity contribution in [2.75, 3.05) is 5.73 Å². The van der Waals surface area contributed by atoms with Crippen LogP contribution in [0.5, 0.6) is 5.75 Å². The first kappa shape index (κ1) is 10.5. The fraction of sp³-hybridized carbons (Fsp3) is 0.0833. The minimum Gasteiger partial charge on any atom is -0.508 e. The average molecular weight is 241 g/mol. The number of benzene rings is 1. The van der Waals surface area contributed by atoms with E-state index in [1.54, 1.807) is 42.2 Å². The van der Waals surface area contributed by atoms with Gasteiger partial charge in [0.15, 0.2) is 5.65 Å². The molecule has 0 unspecified atom stereocenters. The lowest BCUT2D eigenvalue weighted by molar-refractivity contribution is 0.475. The maximum absolute atomic E-state index is 9.29. The topological polar surface area (TPSA) is 89.8 Å². The molecule has 0 aliphatic carbocycles. The number of fused-ring (bicyclic) bond motifs is 1. The molecule has 3 aromatic rings. The Kier molecular flexibility index (Phi) is 2.16. The fourth-order valence-electron chi connectivity index (χ4n) is 1.88. The standard InChI is InChI=1S/C12H11N5O/c1-17-11-9(6-14-12(13)15-11)10(16-17)7-2-4-8(18)5-3-7/h2-6,18H,1H3,(H2,13,14,15). The smallest absolute Gasteiger partial charge is 0.222 e. The lowest BCUT2D eigenvalue weighted by Gasteiger charge is -1.97. The lowest BCUT2D eigenvalue weighted by Crippen LogP contribution is -1.97. The zero-order chi connectivity index (χ0) is 12.7. The zero-order valence-corrected chi connectivity index (χ0v) is 9.70. The van der Waals surface area contributed by atoms with Crippen molar-refractivity contribution in [3.8, 4) is 17.0 Å². The Balaban J connectivity index is 2.26. The van der Waals surface area contributed by atoms with E-state index < -0.39 is 0 Å². The first-order chi connectivity index (χ1) is 8.65. The van der Waals surface area contributed by atoms with Crippen LogP contribution in [-0.2, 0) is 7.05 Å². The molecule has 3 N–H and O–H groups in total. The zero-order valence-electron chi connectivity index (χ0n) is 9.70. The molecule has 2 aromatic heterocycles. The summed E-state index contributed by atoms with van der Waals surface area (Å²) in [7, 11) is 1.80. The third kappa shape index (κ3) is 1.55. The number of nitrogens with two attached hydrogens (primary N) is 1. The van der Waals surface area contributed by atoms with Crippen molar-refractivity contribution in [3.05, 3.63) is 30.5 Å². The van der Waals surface area contributed by atoms with E-state index in [1.165, 1.54) is 0 Å². The highest BCUT2D eigenvalue weighted by Gasteiger charge is 2.12. The van der Waals surface area contributed by atoms with Gasteiger partial charge < -0.3 is 10.8 Å². The Bertz CT molecular complexity index is 717. The molecule has 0 aliphatic heterocycles. The number of aromatic nitrogens is 4. The van der Waals surface area contributed by atoms with Gasteiger partial charge in [-0.3, -0.25) is 0 Å². The molecular formula is C12H11N5O. The van der Waals surface area contributed by atoms with Gasteiger partial charge in [0.05, 0.1) is 5.39 Å².